The highest BCUT2D eigenvalue weighted by Gasteiger charge is 2.11. The minimum absolute atomic E-state index is 0.278. The second kappa shape index (κ2) is 14.6. The van der Waals surface area contributed by atoms with Crippen LogP contribution < -0.4 is 0 Å². The molecule has 0 rings (SSSR count). The standard InChI is InChI=1S/C15H27ClO4/c1-2-3-11-19-14(17)13-15(18)20-12-9-7-5-4-6-8-10-16/h2-13H2,1H3. The van der Waals surface area contributed by atoms with E-state index < -0.39 is 11.9 Å². The van der Waals surface area contributed by atoms with Gasteiger partial charge in [-0.15, -0.1) is 11.6 Å². The molecule has 0 aromatic heterocycles. The van der Waals surface area contributed by atoms with E-state index >= 15 is 0 Å². The Kier molecular flexibility index (Phi) is 14.1. The van der Waals surface area contributed by atoms with Gasteiger partial charge in [0.1, 0.15) is 6.42 Å². The summed E-state index contributed by atoms with van der Waals surface area (Å²) >= 11 is 5.59. The summed E-state index contributed by atoms with van der Waals surface area (Å²) in [5.41, 5.74) is 0. The van der Waals surface area contributed by atoms with Crippen LogP contribution in [0.3, 0.4) is 0 Å². The fraction of sp³-hybridized carbons (Fsp3) is 0.867. The molecule has 0 bridgehead atoms. The minimum atomic E-state index is -0.496. The van der Waals surface area contributed by atoms with Crippen LogP contribution in [-0.2, 0) is 19.1 Å². The Morgan fingerprint density at radius 1 is 0.800 bits per heavy atom. The van der Waals surface area contributed by atoms with Crippen LogP contribution in [0.5, 0.6) is 0 Å². The van der Waals surface area contributed by atoms with Crippen LogP contribution in [0.1, 0.15) is 64.7 Å². The van der Waals surface area contributed by atoms with Gasteiger partial charge < -0.3 is 9.47 Å². The summed E-state index contributed by atoms with van der Waals surface area (Å²) in [5.74, 6) is -0.260. The molecule has 0 atom stereocenters. The van der Waals surface area contributed by atoms with Crippen LogP contribution >= 0.6 is 11.6 Å². The second-order valence-corrected chi connectivity index (χ2v) is 5.16. The average molecular weight is 307 g/mol. The van der Waals surface area contributed by atoms with Gasteiger partial charge in [0, 0.05) is 5.88 Å². The van der Waals surface area contributed by atoms with Crippen molar-refractivity contribution in [2.24, 2.45) is 0 Å². The van der Waals surface area contributed by atoms with Gasteiger partial charge in [0.05, 0.1) is 13.2 Å². The van der Waals surface area contributed by atoms with Crippen molar-refractivity contribution < 1.29 is 19.1 Å². The van der Waals surface area contributed by atoms with E-state index in [0.717, 1.165) is 50.8 Å². The van der Waals surface area contributed by atoms with Gasteiger partial charge >= 0.3 is 11.9 Å². The van der Waals surface area contributed by atoms with Gasteiger partial charge in [0.2, 0.25) is 0 Å². The largest absolute Gasteiger partial charge is 0.465 e. The molecule has 0 heterocycles. The second-order valence-electron chi connectivity index (χ2n) is 4.78. The zero-order valence-electron chi connectivity index (χ0n) is 12.5. The number of unbranched alkanes of at least 4 members (excludes halogenated alkanes) is 6. The maximum absolute atomic E-state index is 11.3. The normalized spacial score (nSPS) is 10.3. The predicted molar refractivity (Wildman–Crippen MR) is 79.9 cm³/mol. The summed E-state index contributed by atoms with van der Waals surface area (Å²) in [4.78, 5) is 22.6. The topological polar surface area (TPSA) is 52.6 Å². The molecule has 0 aliphatic carbocycles. The summed E-state index contributed by atoms with van der Waals surface area (Å²) in [6.07, 6.45) is 7.92. The molecule has 0 N–H and O–H groups in total. The van der Waals surface area contributed by atoms with Gasteiger partial charge in [0.15, 0.2) is 0 Å². The number of carbonyl (C=O) groups excluding carboxylic acids is 2. The summed E-state index contributed by atoms with van der Waals surface area (Å²) in [6.45, 7) is 2.78. The SMILES string of the molecule is CCCCOC(=O)CC(=O)OCCCCCCCCCl. The summed E-state index contributed by atoms with van der Waals surface area (Å²) < 4.78 is 9.87. The minimum Gasteiger partial charge on any atom is -0.465 e. The van der Waals surface area contributed by atoms with Crippen molar-refractivity contribution in [3.05, 3.63) is 0 Å². The number of hydrogen-bond donors (Lipinski definition) is 0. The van der Waals surface area contributed by atoms with E-state index in [-0.39, 0.29) is 6.42 Å². The zero-order valence-corrected chi connectivity index (χ0v) is 13.3. The molecule has 0 amide bonds. The Bertz CT molecular complexity index is 256. The van der Waals surface area contributed by atoms with E-state index in [1.165, 1.54) is 6.42 Å². The Balaban J connectivity index is 3.33. The molecule has 0 saturated carbocycles. The maximum Gasteiger partial charge on any atom is 0.317 e. The highest BCUT2D eigenvalue weighted by molar-refractivity contribution is 6.17. The smallest absolute Gasteiger partial charge is 0.317 e. The van der Waals surface area contributed by atoms with Gasteiger partial charge in [-0.25, -0.2) is 0 Å². The van der Waals surface area contributed by atoms with Crippen LogP contribution in [0.15, 0.2) is 0 Å². The summed E-state index contributed by atoms with van der Waals surface area (Å²) in [6, 6.07) is 0. The molecular weight excluding hydrogens is 280 g/mol. The van der Waals surface area contributed by atoms with E-state index in [1.54, 1.807) is 0 Å². The molecule has 0 saturated heterocycles. The van der Waals surface area contributed by atoms with Crippen molar-refractivity contribution in [3.63, 3.8) is 0 Å². The van der Waals surface area contributed by atoms with Crippen molar-refractivity contribution in [1.29, 1.82) is 0 Å². The molecule has 4 nitrogen and oxygen atoms in total. The van der Waals surface area contributed by atoms with Crippen molar-refractivity contribution >= 4 is 23.5 Å². The lowest BCUT2D eigenvalue weighted by Crippen LogP contribution is -2.15. The van der Waals surface area contributed by atoms with E-state index in [1.807, 2.05) is 6.92 Å². The van der Waals surface area contributed by atoms with Gasteiger partial charge in [-0.1, -0.05) is 39.0 Å². The molecule has 0 unspecified atom stereocenters. The van der Waals surface area contributed by atoms with Crippen molar-refractivity contribution in [3.8, 4) is 0 Å². The van der Waals surface area contributed by atoms with Gasteiger partial charge in [-0.2, -0.15) is 0 Å². The van der Waals surface area contributed by atoms with Crippen LogP contribution in [0.2, 0.25) is 0 Å². The molecule has 5 heteroatoms. The van der Waals surface area contributed by atoms with Crippen LogP contribution in [-0.4, -0.2) is 31.0 Å². The number of halogens is 1. The molecule has 0 fully saturated rings. The molecule has 0 spiro atoms. The van der Waals surface area contributed by atoms with Crippen LogP contribution in [0, 0.1) is 0 Å². The predicted octanol–water partition coefficient (Wildman–Crippen LogP) is 3.84. The average Bonchev–Trinajstić information content (AvgIpc) is 2.42. The lowest BCUT2D eigenvalue weighted by atomic mass is 10.1. The third kappa shape index (κ3) is 13.7. The summed E-state index contributed by atoms with van der Waals surface area (Å²) in [5, 5.41) is 0. The molecule has 0 aliphatic rings. The monoisotopic (exact) mass is 306 g/mol. The first-order valence-electron chi connectivity index (χ1n) is 7.58. The number of hydrogen-bond acceptors (Lipinski definition) is 4. The first-order valence-corrected chi connectivity index (χ1v) is 8.11. The Morgan fingerprint density at radius 3 is 1.85 bits per heavy atom. The lowest BCUT2D eigenvalue weighted by molar-refractivity contribution is -0.154. The van der Waals surface area contributed by atoms with Gasteiger partial charge in [-0.3, -0.25) is 9.59 Å². The lowest BCUT2D eigenvalue weighted by Gasteiger charge is -2.05. The first-order chi connectivity index (χ1) is 9.70. The Morgan fingerprint density at radius 2 is 1.30 bits per heavy atom. The third-order valence-corrected chi connectivity index (χ3v) is 3.11. The number of rotatable bonds is 13. The van der Waals surface area contributed by atoms with Crippen LogP contribution in [0.25, 0.3) is 0 Å². The molecule has 0 aromatic rings. The molecule has 20 heavy (non-hydrogen) atoms. The fourth-order valence-electron chi connectivity index (χ4n) is 1.64. The Labute approximate surface area is 127 Å². The zero-order chi connectivity index (χ0) is 15.1. The van der Waals surface area contributed by atoms with E-state index in [9.17, 15) is 9.59 Å². The van der Waals surface area contributed by atoms with E-state index in [2.05, 4.69) is 0 Å². The maximum atomic E-state index is 11.3. The molecule has 0 aromatic carbocycles. The first kappa shape index (κ1) is 19.2. The number of ether oxygens (including phenoxy) is 2. The molecule has 0 radical (unpaired) electrons. The number of esters is 2. The van der Waals surface area contributed by atoms with Gasteiger partial charge in [-0.05, 0) is 19.3 Å². The highest BCUT2D eigenvalue weighted by Crippen LogP contribution is 2.06. The van der Waals surface area contributed by atoms with Crippen LogP contribution in [0.4, 0.5) is 0 Å². The molecule has 118 valence electrons. The van der Waals surface area contributed by atoms with Crippen molar-refractivity contribution in [1.82, 2.24) is 0 Å². The fourth-order valence-corrected chi connectivity index (χ4v) is 1.83. The van der Waals surface area contributed by atoms with E-state index in [0.29, 0.717) is 13.2 Å². The van der Waals surface area contributed by atoms with Gasteiger partial charge in [0.25, 0.3) is 0 Å². The quantitative estimate of drug-likeness (QED) is 0.224. The highest BCUT2D eigenvalue weighted by atomic mass is 35.5. The Hall–Kier alpha value is -0.770. The molecular formula is C15H27ClO4. The number of carbonyl (C=O) groups is 2. The third-order valence-electron chi connectivity index (χ3n) is 2.84. The number of alkyl halides is 1. The molecule has 0 aliphatic heterocycles. The summed E-state index contributed by atoms with van der Waals surface area (Å²) in [7, 11) is 0. The van der Waals surface area contributed by atoms with Crippen molar-refractivity contribution in [2.45, 2.75) is 64.7 Å². The van der Waals surface area contributed by atoms with Crippen molar-refractivity contribution in [2.75, 3.05) is 19.1 Å². The van der Waals surface area contributed by atoms with E-state index in [4.69, 9.17) is 21.1 Å².